The Labute approximate surface area is 145 Å². The zero-order valence-corrected chi connectivity index (χ0v) is 14.0. The van der Waals surface area contributed by atoms with Crippen LogP contribution in [0.3, 0.4) is 0 Å². The number of pyridine rings is 1. The van der Waals surface area contributed by atoms with Crippen LogP contribution in [0.15, 0.2) is 48.7 Å². The van der Waals surface area contributed by atoms with E-state index in [1.165, 1.54) is 6.20 Å². The van der Waals surface area contributed by atoms with Gasteiger partial charge in [0.2, 0.25) is 0 Å². The molecule has 1 heterocycles. The lowest BCUT2D eigenvalue weighted by Crippen LogP contribution is -2.09. The van der Waals surface area contributed by atoms with Gasteiger partial charge in [0.25, 0.3) is 0 Å². The third-order valence-electron chi connectivity index (χ3n) is 3.83. The third kappa shape index (κ3) is 3.29. The molecule has 1 aromatic heterocycles. The summed E-state index contributed by atoms with van der Waals surface area (Å²) < 4.78 is 5.16. The Kier molecular flexibility index (Phi) is 4.62. The van der Waals surface area contributed by atoms with Gasteiger partial charge in [0.15, 0.2) is 0 Å². The maximum atomic E-state index is 12.4. The number of esters is 1. The standard InChI is InChI=1S/C20H17N3O2/c1-3-25-20(24)16-12-22-18-9-8-13(2)10-15(18)19(16)23-17-7-5-4-6-14(17)11-21/h4-10,12H,3H2,1-2H3,(H,22,23). The fourth-order valence-corrected chi connectivity index (χ4v) is 2.63. The van der Waals surface area contributed by atoms with Crippen LogP contribution < -0.4 is 5.32 Å². The molecule has 0 fully saturated rings. The number of anilines is 2. The van der Waals surface area contributed by atoms with Gasteiger partial charge in [-0.3, -0.25) is 4.98 Å². The lowest BCUT2D eigenvalue weighted by molar-refractivity contribution is 0.0527. The number of para-hydroxylation sites is 1. The zero-order valence-electron chi connectivity index (χ0n) is 14.0. The van der Waals surface area contributed by atoms with E-state index in [4.69, 9.17) is 4.74 Å². The van der Waals surface area contributed by atoms with Gasteiger partial charge in [0, 0.05) is 11.6 Å². The number of rotatable bonds is 4. The molecule has 0 atom stereocenters. The highest BCUT2D eigenvalue weighted by molar-refractivity contribution is 6.06. The van der Waals surface area contributed by atoms with Crippen LogP contribution in [0.4, 0.5) is 11.4 Å². The van der Waals surface area contributed by atoms with Crippen LogP contribution in [-0.4, -0.2) is 17.6 Å². The van der Waals surface area contributed by atoms with Crippen molar-refractivity contribution in [1.82, 2.24) is 4.98 Å². The first-order valence-corrected chi connectivity index (χ1v) is 7.96. The maximum absolute atomic E-state index is 12.4. The van der Waals surface area contributed by atoms with E-state index in [1.54, 1.807) is 25.1 Å². The predicted molar refractivity (Wildman–Crippen MR) is 96.9 cm³/mol. The Morgan fingerprint density at radius 2 is 2.08 bits per heavy atom. The van der Waals surface area contributed by atoms with E-state index in [0.29, 0.717) is 22.5 Å². The Morgan fingerprint density at radius 3 is 2.84 bits per heavy atom. The molecule has 0 saturated carbocycles. The number of fused-ring (bicyclic) bond motifs is 1. The smallest absolute Gasteiger partial charge is 0.341 e. The fraction of sp³-hybridized carbons (Fsp3) is 0.150. The van der Waals surface area contributed by atoms with E-state index in [-0.39, 0.29) is 6.61 Å². The Balaban J connectivity index is 2.22. The number of ether oxygens (including phenoxy) is 1. The number of benzene rings is 2. The first-order chi connectivity index (χ1) is 12.1. The predicted octanol–water partition coefficient (Wildman–Crippen LogP) is 4.34. The van der Waals surface area contributed by atoms with Crippen LogP contribution in [0.25, 0.3) is 10.9 Å². The van der Waals surface area contributed by atoms with Crippen LogP contribution in [0, 0.1) is 18.3 Å². The molecular weight excluding hydrogens is 314 g/mol. The number of nitrogens with zero attached hydrogens (tertiary/aromatic N) is 2. The summed E-state index contributed by atoms with van der Waals surface area (Å²) in [5, 5.41) is 13.4. The van der Waals surface area contributed by atoms with Crippen LogP contribution in [0.2, 0.25) is 0 Å². The summed E-state index contributed by atoms with van der Waals surface area (Å²) in [5.74, 6) is -0.449. The number of hydrogen-bond acceptors (Lipinski definition) is 5. The molecule has 0 unspecified atom stereocenters. The minimum atomic E-state index is -0.449. The van der Waals surface area contributed by atoms with E-state index in [1.807, 2.05) is 31.2 Å². The van der Waals surface area contributed by atoms with Crippen molar-refractivity contribution >= 4 is 28.2 Å². The first-order valence-electron chi connectivity index (χ1n) is 7.96. The molecule has 0 bridgehead atoms. The van der Waals surface area contributed by atoms with E-state index >= 15 is 0 Å². The largest absolute Gasteiger partial charge is 0.462 e. The number of hydrogen-bond donors (Lipinski definition) is 1. The van der Waals surface area contributed by atoms with Crippen LogP contribution in [0.1, 0.15) is 28.4 Å². The highest BCUT2D eigenvalue weighted by atomic mass is 16.5. The highest BCUT2D eigenvalue weighted by Gasteiger charge is 2.18. The Bertz CT molecular complexity index is 990. The lowest BCUT2D eigenvalue weighted by Gasteiger charge is -2.15. The van der Waals surface area contributed by atoms with Crippen molar-refractivity contribution in [2.45, 2.75) is 13.8 Å². The monoisotopic (exact) mass is 331 g/mol. The fourth-order valence-electron chi connectivity index (χ4n) is 2.63. The molecule has 5 nitrogen and oxygen atoms in total. The molecule has 0 spiro atoms. The number of aryl methyl sites for hydroxylation is 1. The van der Waals surface area contributed by atoms with Crippen molar-refractivity contribution in [2.75, 3.05) is 11.9 Å². The van der Waals surface area contributed by atoms with Gasteiger partial charge in [-0.1, -0.05) is 23.8 Å². The van der Waals surface area contributed by atoms with Gasteiger partial charge < -0.3 is 10.1 Å². The van der Waals surface area contributed by atoms with E-state index in [9.17, 15) is 10.1 Å². The topological polar surface area (TPSA) is 75.0 Å². The second-order valence-corrected chi connectivity index (χ2v) is 5.57. The molecule has 0 saturated heterocycles. The minimum absolute atomic E-state index is 0.277. The number of aromatic nitrogens is 1. The Morgan fingerprint density at radius 1 is 1.28 bits per heavy atom. The third-order valence-corrected chi connectivity index (χ3v) is 3.83. The van der Waals surface area contributed by atoms with Gasteiger partial charge in [0.05, 0.1) is 29.1 Å². The van der Waals surface area contributed by atoms with E-state index in [2.05, 4.69) is 16.4 Å². The SMILES string of the molecule is CCOC(=O)c1cnc2ccc(C)cc2c1Nc1ccccc1C#N. The summed E-state index contributed by atoms with van der Waals surface area (Å²) in [6.45, 7) is 4.01. The van der Waals surface area contributed by atoms with Gasteiger partial charge in [0.1, 0.15) is 11.6 Å². The second kappa shape index (κ2) is 7.02. The number of nitrogens with one attached hydrogen (secondary N) is 1. The molecular formula is C20H17N3O2. The number of carbonyl (C=O) groups is 1. The minimum Gasteiger partial charge on any atom is -0.462 e. The van der Waals surface area contributed by atoms with Gasteiger partial charge in [-0.25, -0.2) is 4.79 Å². The van der Waals surface area contributed by atoms with Crippen LogP contribution >= 0.6 is 0 Å². The maximum Gasteiger partial charge on any atom is 0.341 e. The molecule has 0 radical (unpaired) electrons. The van der Waals surface area contributed by atoms with Crippen LogP contribution in [-0.2, 0) is 4.74 Å². The quantitative estimate of drug-likeness (QED) is 0.720. The van der Waals surface area contributed by atoms with Crippen molar-refractivity contribution in [1.29, 1.82) is 5.26 Å². The molecule has 124 valence electrons. The first kappa shape index (κ1) is 16.5. The van der Waals surface area contributed by atoms with Gasteiger partial charge in [-0.2, -0.15) is 5.26 Å². The zero-order chi connectivity index (χ0) is 17.8. The molecule has 25 heavy (non-hydrogen) atoms. The molecule has 3 rings (SSSR count). The summed E-state index contributed by atoms with van der Waals surface area (Å²) in [5.41, 5.74) is 3.87. The van der Waals surface area contributed by atoms with Crippen molar-refractivity contribution in [3.8, 4) is 6.07 Å². The van der Waals surface area contributed by atoms with E-state index in [0.717, 1.165) is 16.5 Å². The number of carbonyl (C=O) groups excluding carboxylic acids is 1. The molecule has 2 aromatic carbocycles. The van der Waals surface area contributed by atoms with Crippen LogP contribution in [0.5, 0.6) is 0 Å². The highest BCUT2D eigenvalue weighted by Crippen LogP contribution is 2.31. The average molecular weight is 331 g/mol. The van der Waals surface area contributed by atoms with Crippen molar-refractivity contribution < 1.29 is 9.53 Å². The summed E-state index contributed by atoms with van der Waals surface area (Å²) in [6, 6.07) is 15.1. The normalized spacial score (nSPS) is 10.3. The van der Waals surface area contributed by atoms with E-state index < -0.39 is 5.97 Å². The van der Waals surface area contributed by atoms with Crippen molar-refractivity contribution in [3.63, 3.8) is 0 Å². The van der Waals surface area contributed by atoms with Gasteiger partial charge in [-0.15, -0.1) is 0 Å². The van der Waals surface area contributed by atoms with Crippen molar-refractivity contribution in [3.05, 3.63) is 65.4 Å². The summed E-state index contributed by atoms with van der Waals surface area (Å²) in [7, 11) is 0. The molecule has 3 aromatic rings. The van der Waals surface area contributed by atoms with Gasteiger partial charge in [-0.05, 0) is 38.1 Å². The second-order valence-electron chi connectivity index (χ2n) is 5.57. The van der Waals surface area contributed by atoms with Crippen molar-refractivity contribution in [2.24, 2.45) is 0 Å². The molecule has 1 N–H and O–H groups in total. The van der Waals surface area contributed by atoms with Gasteiger partial charge >= 0.3 is 5.97 Å². The summed E-state index contributed by atoms with van der Waals surface area (Å²) >= 11 is 0. The molecule has 0 aliphatic rings. The molecule has 0 aliphatic carbocycles. The number of nitriles is 1. The Hall–Kier alpha value is -3.39. The summed E-state index contributed by atoms with van der Waals surface area (Å²) in [6.07, 6.45) is 1.51. The molecule has 5 heteroatoms. The average Bonchev–Trinajstić information content (AvgIpc) is 2.62. The lowest BCUT2D eigenvalue weighted by atomic mass is 10.1. The molecule has 0 aliphatic heterocycles. The molecule has 0 amide bonds. The summed E-state index contributed by atoms with van der Waals surface area (Å²) in [4.78, 5) is 16.7.